The number of carbonyl (C=O) groups is 1. The minimum absolute atomic E-state index is 0.0150. The maximum atomic E-state index is 12.7. The molecule has 126 valence electrons. The molecule has 1 aromatic heterocycles. The van der Waals surface area contributed by atoms with Crippen LogP contribution in [0, 0.1) is 0 Å². The van der Waals surface area contributed by atoms with E-state index >= 15 is 0 Å². The van der Waals surface area contributed by atoms with Gasteiger partial charge in [-0.05, 0) is 42.7 Å². The van der Waals surface area contributed by atoms with Crippen molar-refractivity contribution < 1.29 is 9.90 Å². The molecular formula is C18H20ClN3O2. The van der Waals surface area contributed by atoms with Crippen LogP contribution in [0.5, 0.6) is 0 Å². The fourth-order valence-electron chi connectivity index (χ4n) is 3.06. The number of rotatable bonds is 4. The van der Waals surface area contributed by atoms with Crippen LogP contribution in [0.2, 0.25) is 5.02 Å². The molecule has 1 fully saturated rings. The maximum Gasteiger partial charge on any atom is 0.318 e. The standard InChI is InChI=1S/C18H20ClN3O2/c19-14-6-3-5-13(11-14)17(16-8-1-2-9-20-16)21-18(24)22-10-4-7-15(22)12-23/h1-3,5-6,8-9,11,15,17,23H,4,7,10,12H2,(H,21,24)/t15-,17+/m1/s1. The zero-order chi connectivity index (χ0) is 16.9. The van der Waals surface area contributed by atoms with E-state index in [1.165, 1.54) is 0 Å². The predicted octanol–water partition coefficient (Wildman–Crippen LogP) is 2.99. The second-order valence-corrected chi connectivity index (χ2v) is 6.30. The Bertz CT molecular complexity index is 696. The molecule has 0 unspecified atom stereocenters. The van der Waals surface area contributed by atoms with Gasteiger partial charge in [0, 0.05) is 17.8 Å². The average Bonchev–Trinajstić information content (AvgIpc) is 3.09. The molecule has 3 rings (SSSR count). The number of urea groups is 1. The summed E-state index contributed by atoms with van der Waals surface area (Å²) in [6, 6.07) is 12.3. The molecule has 2 amide bonds. The van der Waals surface area contributed by atoms with Crippen molar-refractivity contribution in [2.75, 3.05) is 13.2 Å². The molecule has 1 saturated heterocycles. The van der Waals surface area contributed by atoms with E-state index in [0.29, 0.717) is 11.6 Å². The molecule has 0 radical (unpaired) electrons. The van der Waals surface area contributed by atoms with Gasteiger partial charge in [-0.15, -0.1) is 0 Å². The molecule has 5 nitrogen and oxygen atoms in total. The summed E-state index contributed by atoms with van der Waals surface area (Å²) < 4.78 is 0. The number of carbonyl (C=O) groups excluding carboxylic acids is 1. The van der Waals surface area contributed by atoms with Crippen molar-refractivity contribution in [3.63, 3.8) is 0 Å². The lowest BCUT2D eigenvalue weighted by atomic mass is 10.0. The molecule has 0 saturated carbocycles. The summed E-state index contributed by atoms with van der Waals surface area (Å²) in [7, 11) is 0. The van der Waals surface area contributed by atoms with Crippen LogP contribution >= 0.6 is 11.6 Å². The number of aliphatic hydroxyl groups excluding tert-OH is 1. The van der Waals surface area contributed by atoms with E-state index in [9.17, 15) is 9.90 Å². The first-order chi connectivity index (χ1) is 11.7. The van der Waals surface area contributed by atoms with Gasteiger partial charge in [0.2, 0.25) is 0 Å². The minimum atomic E-state index is -0.391. The molecule has 2 N–H and O–H groups in total. The molecule has 24 heavy (non-hydrogen) atoms. The van der Waals surface area contributed by atoms with E-state index in [4.69, 9.17) is 11.6 Å². The monoisotopic (exact) mass is 345 g/mol. The highest BCUT2D eigenvalue weighted by Gasteiger charge is 2.30. The van der Waals surface area contributed by atoms with Crippen molar-refractivity contribution in [2.45, 2.75) is 24.9 Å². The molecule has 1 aliphatic rings. The topological polar surface area (TPSA) is 65.5 Å². The fraction of sp³-hybridized carbons (Fsp3) is 0.333. The number of hydrogen-bond acceptors (Lipinski definition) is 3. The minimum Gasteiger partial charge on any atom is -0.394 e. The van der Waals surface area contributed by atoms with Crippen molar-refractivity contribution in [3.05, 3.63) is 64.9 Å². The number of likely N-dealkylation sites (tertiary alicyclic amines) is 1. The van der Waals surface area contributed by atoms with E-state index in [1.54, 1.807) is 17.2 Å². The van der Waals surface area contributed by atoms with Crippen molar-refractivity contribution in [1.82, 2.24) is 15.2 Å². The highest BCUT2D eigenvalue weighted by molar-refractivity contribution is 6.30. The van der Waals surface area contributed by atoms with Gasteiger partial charge in [0.1, 0.15) is 0 Å². The van der Waals surface area contributed by atoms with Gasteiger partial charge in [0.25, 0.3) is 0 Å². The summed E-state index contributed by atoms with van der Waals surface area (Å²) in [4.78, 5) is 18.8. The second kappa shape index (κ2) is 7.64. The van der Waals surface area contributed by atoms with Crippen LogP contribution in [-0.2, 0) is 0 Å². The van der Waals surface area contributed by atoms with Crippen LogP contribution in [0.1, 0.15) is 30.1 Å². The lowest BCUT2D eigenvalue weighted by molar-refractivity contribution is 0.155. The first-order valence-electron chi connectivity index (χ1n) is 8.03. The fourth-order valence-corrected chi connectivity index (χ4v) is 3.26. The van der Waals surface area contributed by atoms with Crippen molar-refractivity contribution in [2.24, 2.45) is 0 Å². The number of benzene rings is 1. The second-order valence-electron chi connectivity index (χ2n) is 5.86. The van der Waals surface area contributed by atoms with Gasteiger partial charge in [-0.25, -0.2) is 4.79 Å². The van der Waals surface area contributed by atoms with E-state index < -0.39 is 6.04 Å². The zero-order valence-corrected chi connectivity index (χ0v) is 14.0. The number of nitrogens with zero attached hydrogens (tertiary/aromatic N) is 2. The van der Waals surface area contributed by atoms with E-state index in [2.05, 4.69) is 10.3 Å². The molecule has 2 aromatic rings. The van der Waals surface area contributed by atoms with Gasteiger partial charge in [0.15, 0.2) is 0 Å². The molecule has 0 bridgehead atoms. The highest BCUT2D eigenvalue weighted by atomic mass is 35.5. The number of aliphatic hydroxyl groups is 1. The Labute approximate surface area is 146 Å². The van der Waals surface area contributed by atoms with E-state index in [-0.39, 0.29) is 18.7 Å². The Balaban J connectivity index is 1.87. The van der Waals surface area contributed by atoms with Crippen LogP contribution in [-0.4, -0.2) is 40.2 Å². The van der Waals surface area contributed by atoms with E-state index in [1.807, 2.05) is 36.4 Å². The van der Waals surface area contributed by atoms with Crippen LogP contribution in [0.4, 0.5) is 4.79 Å². The average molecular weight is 346 g/mol. The van der Waals surface area contributed by atoms with E-state index in [0.717, 1.165) is 24.1 Å². The lowest BCUT2D eigenvalue weighted by Gasteiger charge is -2.27. The Morgan fingerprint density at radius 2 is 2.25 bits per heavy atom. The lowest BCUT2D eigenvalue weighted by Crippen LogP contribution is -2.45. The number of amides is 2. The number of nitrogens with one attached hydrogen (secondary N) is 1. The summed E-state index contributed by atoms with van der Waals surface area (Å²) in [5, 5.41) is 13.1. The molecule has 6 heteroatoms. The normalized spacial score (nSPS) is 18.4. The Morgan fingerprint density at radius 1 is 1.38 bits per heavy atom. The predicted molar refractivity (Wildman–Crippen MR) is 92.9 cm³/mol. The van der Waals surface area contributed by atoms with Crippen LogP contribution in [0.25, 0.3) is 0 Å². The Kier molecular flexibility index (Phi) is 5.33. The van der Waals surface area contributed by atoms with Gasteiger partial charge < -0.3 is 15.3 Å². The van der Waals surface area contributed by atoms with Crippen LogP contribution in [0.15, 0.2) is 48.7 Å². The summed E-state index contributed by atoms with van der Waals surface area (Å²) in [5.41, 5.74) is 1.61. The number of pyridine rings is 1. The van der Waals surface area contributed by atoms with Gasteiger partial charge in [-0.3, -0.25) is 4.98 Å². The summed E-state index contributed by atoms with van der Waals surface area (Å²) in [5.74, 6) is 0. The smallest absolute Gasteiger partial charge is 0.318 e. The van der Waals surface area contributed by atoms with Crippen molar-refractivity contribution >= 4 is 17.6 Å². The zero-order valence-electron chi connectivity index (χ0n) is 13.2. The largest absolute Gasteiger partial charge is 0.394 e. The first kappa shape index (κ1) is 16.7. The summed E-state index contributed by atoms with van der Waals surface area (Å²) >= 11 is 6.11. The number of aromatic nitrogens is 1. The Hall–Kier alpha value is -2.11. The van der Waals surface area contributed by atoms with Gasteiger partial charge in [-0.2, -0.15) is 0 Å². The summed E-state index contributed by atoms with van der Waals surface area (Å²) in [6.45, 7) is 0.639. The molecule has 0 aliphatic carbocycles. The highest BCUT2D eigenvalue weighted by Crippen LogP contribution is 2.24. The van der Waals surface area contributed by atoms with Gasteiger partial charge in [0.05, 0.1) is 24.4 Å². The molecule has 2 atom stereocenters. The molecule has 2 heterocycles. The van der Waals surface area contributed by atoms with Crippen LogP contribution < -0.4 is 5.32 Å². The van der Waals surface area contributed by atoms with Crippen molar-refractivity contribution in [3.8, 4) is 0 Å². The number of halogens is 1. The van der Waals surface area contributed by atoms with Crippen molar-refractivity contribution in [1.29, 1.82) is 0 Å². The SMILES string of the molecule is O=C(N[C@@H](c1cccc(Cl)c1)c1ccccn1)N1CCC[C@@H]1CO. The molecular weight excluding hydrogens is 326 g/mol. The maximum absolute atomic E-state index is 12.7. The molecule has 0 spiro atoms. The van der Waals surface area contributed by atoms with Crippen LogP contribution in [0.3, 0.4) is 0 Å². The third-order valence-electron chi connectivity index (χ3n) is 4.28. The third kappa shape index (κ3) is 3.68. The van der Waals surface area contributed by atoms with Gasteiger partial charge in [-0.1, -0.05) is 29.8 Å². The third-order valence-corrected chi connectivity index (χ3v) is 4.52. The first-order valence-corrected chi connectivity index (χ1v) is 8.41. The van der Waals surface area contributed by atoms with Gasteiger partial charge >= 0.3 is 6.03 Å². The Morgan fingerprint density at radius 3 is 2.96 bits per heavy atom. The quantitative estimate of drug-likeness (QED) is 0.895. The number of hydrogen-bond donors (Lipinski definition) is 2. The molecule has 1 aromatic carbocycles. The molecule has 1 aliphatic heterocycles. The summed E-state index contributed by atoms with van der Waals surface area (Å²) in [6.07, 6.45) is 3.44.